The molecule has 186 valence electrons. The van der Waals surface area contributed by atoms with Gasteiger partial charge in [0.1, 0.15) is 16.6 Å². The third-order valence-electron chi connectivity index (χ3n) is 5.35. The van der Waals surface area contributed by atoms with Crippen LogP contribution in [0.5, 0.6) is 0 Å². The number of hydrogen-bond acceptors (Lipinski definition) is 10. The number of carbonyl (C=O) groups is 3. The van der Waals surface area contributed by atoms with E-state index in [1.165, 1.54) is 22.3 Å². The molecule has 13 nitrogen and oxygen atoms in total. The lowest BCUT2D eigenvalue weighted by Crippen LogP contribution is -2.52. The maximum atomic E-state index is 14.9. The fourth-order valence-corrected chi connectivity index (χ4v) is 4.59. The summed E-state index contributed by atoms with van der Waals surface area (Å²) >= 11 is 6.64. The highest BCUT2D eigenvalue weighted by Crippen LogP contribution is 2.35. The Morgan fingerprint density at radius 3 is 2.66 bits per heavy atom. The van der Waals surface area contributed by atoms with Gasteiger partial charge in [-0.3, -0.25) is 4.57 Å². The first-order chi connectivity index (χ1) is 16.5. The number of ether oxygens (including phenoxy) is 2. The summed E-state index contributed by atoms with van der Waals surface area (Å²) in [4.78, 5) is 46.7. The summed E-state index contributed by atoms with van der Waals surface area (Å²) in [6.45, 7) is -0.573. The highest BCUT2D eigenvalue weighted by Gasteiger charge is 2.50. The maximum Gasteiger partial charge on any atom is 0.348 e. The standard InChI is InChI=1S/C19H17ClFN5O8S/c20-18-24-12(22)11-13(25-18)26(6-23-11)14-9(21)2-8(34-14)4-33-19(16(29)30,17(31)32)3-7-1-10(15(27)28)35-5-7/h1,5-6,8-9,14H,2-4H2,(H,27,28)(H,29,30)(H,31,32)(H2,22,24,25). The molecule has 3 unspecified atom stereocenters. The molecular formula is C19H17ClFN5O8S. The van der Waals surface area contributed by atoms with E-state index in [0.29, 0.717) is 0 Å². The number of carboxylic acids is 3. The summed E-state index contributed by atoms with van der Waals surface area (Å²) in [7, 11) is 0. The van der Waals surface area contributed by atoms with Crippen molar-refractivity contribution in [3.63, 3.8) is 0 Å². The third-order valence-corrected chi connectivity index (χ3v) is 6.48. The van der Waals surface area contributed by atoms with Crippen LogP contribution in [0.15, 0.2) is 17.8 Å². The van der Waals surface area contributed by atoms with Crippen molar-refractivity contribution in [1.82, 2.24) is 19.5 Å². The molecule has 1 saturated heterocycles. The van der Waals surface area contributed by atoms with Crippen LogP contribution in [0.25, 0.3) is 11.2 Å². The number of halogens is 2. The van der Waals surface area contributed by atoms with E-state index < -0.39 is 55.0 Å². The van der Waals surface area contributed by atoms with E-state index in [9.17, 15) is 29.0 Å². The molecule has 0 aromatic carbocycles. The lowest BCUT2D eigenvalue weighted by atomic mass is 9.95. The number of rotatable bonds is 9. The molecule has 0 saturated carbocycles. The Morgan fingerprint density at radius 1 is 1.31 bits per heavy atom. The summed E-state index contributed by atoms with van der Waals surface area (Å²) in [5.41, 5.74) is 3.45. The number of alkyl halides is 1. The van der Waals surface area contributed by atoms with Gasteiger partial charge in [-0.25, -0.2) is 23.8 Å². The van der Waals surface area contributed by atoms with Crippen LogP contribution in [0, 0.1) is 0 Å². The lowest BCUT2D eigenvalue weighted by molar-refractivity contribution is -0.188. The molecule has 3 atom stereocenters. The van der Waals surface area contributed by atoms with Gasteiger partial charge in [-0.05, 0) is 28.6 Å². The van der Waals surface area contributed by atoms with E-state index in [4.69, 9.17) is 31.9 Å². The SMILES string of the molecule is Nc1nc(Cl)nc2c1ncn2C1OC(COC(Cc2csc(C(=O)O)c2)(C(=O)O)C(=O)O)CC1F. The molecule has 0 bridgehead atoms. The Hall–Kier alpha value is -3.40. The number of aliphatic carboxylic acids is 2. The molecule has 1 aliphatic heterocycles. The van der Waals surface area contributed by atoms with Gasteiger partial charge in [0.2, 0.25) is 5.28 Å². The highest BCUT2D eigenvalue weighted by atomic mass is 35.5. The van der Waals surface area contributed by atoms with Crippen molar-refractivity contribution in [2.75, 3.05) is 12.3 Å². The van der Waals surface area contributed by atoms with Crippen molar-refractivity contribution >= 4 is 57.8 Å². The Balaban J connectivity index is 1.52. The molecular weight excluding hydrogens is 513 g/mol. The number of fused-ring (bicyclic) bond motifs is 1. The second-order valence-corrected chi connectivity index (χ2v) is 8.90. The number of anilines is 1. The van der Waals surface area contributed by atoms with Gasteiger partial charge in [0, 0.05) is 12.8 Å². The van der Waals surface area contributed by atoms with Crippen LogP contribution in [0.2, 0.25) is 5.28 Å². The van der Waals surface area contributed by atoms with E-state index in [2.05, 4.69) is 15.0 Å². The van der Waals surface area contributed by atoms with Crippen molar-refractivity contribution in [2.45, 2.75) is 36.9 Å². The monoisotopic (exact) mass is 529 g/mol. The quantitative estimate of drug-likeness (QED) is 0.231. The Kier molecular flexibility index (Phi) is 6.59. The second-order valence-electron chi connectivity index (χ2n) is 7.65. The van der Waals surface area contributed by atoms with E-state index in [1.807, 2.05) is 0 Å². The van der Waals surface area contributed by atoms with Gasteiger partial charge in [0.25, 0.3) is 5.60 Å². The van der Waals surface area contributed by atoms with Crippen LogP contribution in [-0.4, -0.2) is 77.2 Å². The molecule has 0 amide bonds. The van der Waals surface area contributed by atoms with E-state index in [1.54, 1.807) is 0 Å². The Bertz CT molecular complexity index is 1300. The highest BCUT2D eigenvalue weighted by molar-refractivity contribution is 7.12. The average molecular weight is 530 g/mol. The van der Waals surface area contributed by atoms with Crippen LogP contribution < -0.4 is 5.73 Å². The number of nitrogens with two attached hydrogens (primary N) is 1. The second kappa shape index (κ2) is 9.33. The van der Waals surface area contributed by atoms with Crippen molar-refractivity contribution in [3.8, 4) is 0 Å². The molecule has 3 aromatic heterocycles. The molecule has 3 aromatic rings. The maximum absolute atomic E-state index is 14.9. The topological polar surface area (TPSA) is 200 Å². The van der Waals surface area contributed by atoms with Crippen molar-refractivity contribution < 1.29 is 43.6 Å². The average Bonchev–Trinajstić information content (AvgIpc) is 3.49. The lowest BCUT2D eigenvalue weighted by Gasteiger charge is -2.26. The van der Waals surface area contributed by atoms with Crippen LogP contribution in [0.4, 0.5) is 10.2 Å². The van der Waals surface area contributed by atoms with Crippen LogP contribution in [0.3, 0.4) is 0 Å². The number of imidazole rings is 1. The predicted octanol–water partition coefficient (Wildman–Crippen LogP) is 1.61. The molecule has 0 radical (unpaired) electrons. The van der Waals surface area contributed by atoms with E-state index >= 15 is 0 Å². The van der Waals surface area contributed by atoms with Crippen LogP contribution in [-0.2, 0) is 25.5 Å². The Labute approximate surface area is 203 Å². The number of carboxylic acid groups (broad SMARTS) is 3. The molecule has 35 heavy (non-hydrogen) atoms. The molecule has 4 rings (SSSR count). The Morgan fingerprint density at radius 2 is 2.03 bits per heavy atom. The fourth-order valence-electron chi connectivity index (χ4n) is 3.67. The first kappa shape index (κ1) is 24.7. The molecule has 1 fully saturated rings. The molecule has 4 heterocycles. The van der Waals surface area contributed by atoms with E-state index in [0.717, 1.165) is 11.3 Å². The number of nitrogens with zero attached hydrogens (tertiary/aromatic N) is 4. The van der Waals surface area contributed by atoms with E-state index in [-0.39, 0.29) is 39.1 Å². The van der Waals surface area contributed by atoms with Gasteiger partial charge >= 0.3 is 17.9 Å². The van der Waals surface area contributed by atoms with Crippen LogP contribution in [0.1, 0.15) is 27.9 Å². The zero-order chi connectivity index (χ0) is 25.5. The summed E-state index contributed by atoms with van der Waals surface area (Å²) in [6, 6.07) is 1.17. The molecule has 16 heteroatoms. The van der Waals surface area contributed by atoms with Crippen molar-refractivity contribution in [1.29, 1.82) is 0 Å². The minimum atomic E-state index is -2.75. The predicted molar refractivity (Wildman–Crippen MR) is 117 cm³/mol. The number of aromatic nitrogens is 4. The van der Waals surface area contributed by atoms with Gasteiger partial charge in [0.05, 0.1) is 19.0 Å². The third kappa shape index (κ3) is 4.62. The molecule has 5 N–H and O–H groups in total. The minimum absolute atomic E-state index is 0.0146. The van der Waals surface area contributed by atoms with Gasteiger partial charge in [0.15, 0.2) is 17.7 Å². The normalized spacial score (nSPS) is 20.3. The minimum Gasteiger partial charge on any atom is -0.479 e. The summed E-state index contributed by atoms with van der Waals surface area (Å²) < 4.78 is 27.1. The van der Waals surface area contributed by atoms with Gasteiger partial charge in [-0.2, -0.15) is 9.97 Å². The van der Waals surface area contributed by atoms with Crippen molar-refractivity contribution in [2.24, 2.45) is 0 Å². The van der Waals surface area contributed by atoms with Crippen LogP contribution >= 0.6 is 22.9 Å². The summed E-state index contributed by atoms with van der Waals surface area (Å²) in [6.07, 6.45) is -3.51. The zero-order valence-electron chi connectivity index (χ0n) is 17.5. The first-order valence-corrected chi connectivity index (χ1v) is 11.1. The van der Waals surface area contributed by atoms with Gasteiger partial charge < -0.3 is 30.5 Å². The zero-order valence-corrected chi connectivity index (χ0v) is 19.1. The van der Waals surface area contributed by atoms with Gasteiger partial charge in [-0.15, -0.1) is 11.3 Å². The number of aromatic carboxylic acids is 1. The molecule has 0 spiro atoms. The first-order valence-electron chi connectivity index (χ1n) is 9.88. The summed E-state index contributed by atoms with van der Waals surface area (Å²) in [5.74, 6) is -4.86. The smallest absolute Gasteiger partial charge is 0.348 e. The number of thiophene rings is 1. The number of nitrogen functional groups attached to an aromatic ring is 1. The molecule has 0 aliphatic carbocycles. The summed E-state index contributed by atoms with van der Waals surface area (Å²) in [5, 5.41) is 29.6. The number of hydrogen-bond donors (Lipinski definition) is 4. The largest absolute Gasteiger partial charge is 0.479 e. The van der Waals surface area contributed by atoms with Crippen molar-refractivity contribution in [3.05, 3.63) is 33.5 Å². The molecule has 1 aliphatic rings. The van der Waals surface area contributed by atoms with Gasteiger partial charge in [-0.1, -0.05) is 0 Å². The fraction of sp³-hybridized carbons (Fsp3) is 0.368.